The quantitative estimate of drug-likeness (QED) is 0.329. The second kappa shape index (κ2) is 10.9. The Balaban J connectivity index is 0.000000623. The number of aryl methyl sites for hydroxylation is 2. The fourth-order valence-corrected chi connectivity index (χ4v) is 5.94. The lowest BCUT2D eigenvalue weighted by atomic mass is 9.91. The molecule has 41 heavy (non-hydrogen) atoms. The summed E-state index contributed by atoms with van der Waals surface area (Å²) in [7, 11) is 0.502. The molecule has 0 bridgehead atoms. The first-order valence-electron chi connectivity index (χ1n) is 13.7. The Morgan fingerprint density at radius 1 is 0.976 bits per heavy atom. The maximum absolute atomic E-state index is 16.2. The molecule has 4 aliphatic rings. The molecule has 1 N–H and O–H groups in total. The molecule has 2 saturated carbocycles. The van der Waals surface area contributed by atoms with Crippen LogP contribution in [0.2, 0.25) is 0 Å². The van der Waals surface area contributed by atoms with E-state index in [0.717, 1.165) is 38.5 Å². The Morgan fingerprint density at radius 3 is 2.07 bits per heavy atom. The van der Waals surface area contributed by atoms with Gasteiger partial charge >= 0.3 is 0 Å². The fourth-order valence-electron chi connectivity index (χ4n) is 5.94. The second-order valence-electron chi connectivity index (χ2n) is 11.5. The molecule has 0 amide bonds. The van der Waals surface area contributed by atoms with Gasteiger partial charge < -0.3 is 9.47 Å². The van der Waals surface area contributed by atoms with E-state index in [4.69, 9.17) is 9.65 Å². The van der Waals surface area contributed by atoms with Crippen molar-refractivity contribution in [1.82, 2.24) is 24.2 Å². The Labute approximate surface area is 237 Å². The molecule has 0 unspecified atom stereocenters. The first-order chi connectivity index (χ1) is 19.2. The standard InChI is InChI=1S/C28H31F2N5O.CH4O3S/c1-15-11-17(12-16(2)31-15)24-23(29)13-21-26-22(14-34(19-7-8-19)27(21)25(24)30)28(36)35(32-26)20-9-5-18(6-10-20)33(3)4;1-5(2,3)4/h11-14,18-20H,5-10H2,1-4H3;1H3,(H,2,3,4). The normalized spacial score (nSPS) is 19.5. The molecular formula is C29H35F2N5O4S. The summed E-state index contributed by atoms with van der Waals surface area (Å²) in [5, 5.41) is 5.06. The van der Waals surface area contributed by atoms with Gasteiger partial charge in [-0.25, -0.2) is 13.5 Å². The van der Waals surface area contributed by atoms with Crippen molar-refractivity contribution in [3.63, 3.8) is 0 Å². The molecule has 9 nitrogen and oxygen atoms in total. The Morgan fingerprint density at radius 2 is 1.54 bits per heavy atom. The number of rotatable bonds is 4. The van der Waals surface area contributed by atoms with E-state index in [2.05, 4.69) is 24.0 Å². The van der Waals surface area contributed by atoms with E-state index in [1.807, 2.05) is 18.4 Å². The van der Waals surface area contributed by atoms with Gasteiger partial charge in [-0.2, -0.15) is 13.5 Å². The van der Waals surface area contributed by atoms with E-state index < -0.39 is 21.8 Å². The van der Waals surface area contributed by atoms with E-state index >= 15 is 8.78 Å². The first kappa shape index (κ1) is 29.3. The largest absolute Gasteiger partial charge is 0.341 e. The van der Waals surface area contributed by atoms with Crippen molar-refractivity contribution in [1.29, 1.82) is 0 Å². The van der Waals surface area contributed by atoms with E-state index in [9.17, 15) is 13.2 Å². The highest BCUT2D eigenvalue weighted by Gasteiger charge is 2.33. The average molecular weight is 588 g/mol. The van der Waals surface area contributed by atoms with Crippen LogP contribution in [-0.4, -0.2) is 63.6 Å². The molecule has 220 valence electrons. The maximum atomic E-state index is 16.2. The summed E-state index contributed by atoms with van der Waals surface area (Å²) in [5.74, 6) is -1.27. The lowest BCUT2D eigenvalue weighted by Gasteiger charge is -2.32. The number of pyridine rings is 2. The van der Waals surface area contributed by atoms with Crippen LogP contribution in [0.25, 0.3) is 33.3 Å². The van der Waals surface area contributed by atoms with E-state index in [1.165, 1.54) is 6.07 Å². The minimum atomic E-state index is -3.67. The third-order valence-corrected chi connectivity index (χ3v) is 7.93. The smallest absolute Gasteiger partial charge is 0.278 e. The highest BCUT2D eigenvalue weighted by atomic mass is 32.2. The maximum Gasteiger partial charge on any atom is 0.278 e. The van der Waals surface area contributed by atoms with Crippen LogP contribution >= 0.6 is 0 Å². The molecule has 2 aliphatic carbocycles. The SMILES string of the molecule is CS(=O)(=O)O.Cc1cc(-c2c(F)cc3c4nn(C5CCC(N(C)C)CC5)c(=O)c-4cn(C4CC4)c3c2F)cc(C)n1. The molecular weight excluding hydrogens is 552 g/mol. The van der Waals surface area contributed by atoms with Gasteiger partial charge in [-0.15, -0.1) is 0 Å². The summed E-state index contributed by atoms with van der Waals surface area (Å²) < 4.78 is 61.1. The monoisotopic (exact) mass is 587 g/mol. The van der Waals surface area contributed by atoms with Gasteiger partial charge in [0.05, 0.1) is 28.9 Å². The molecule has 0 atom stereocenters. The summed E-state index contributed by atoms with van der Waals surface area (Å²) in [6.45, 7) is 3.63. The third kappa shape index (κ3) is 6.05. The zero-order chi connectivity index (χ0) is 29.8. The van der Waals surface area contributed by atoms with Gasteiger partial charge in [0.2, 0.25) is 0 Å². The first-order valence-corrected chi connectivity index (χ1v) is 15.6. The number of halogens is 2. The van der Waals surface area contributed by atoms with Crippen LogP contribution in [0.4, 0.5) is 8.78 Å². The van der Waals surface area contributed by atoms with Gasteiger partial charge in [0.25, 0.3) is 15.7 Å². The number of hydrogen-bond donors (Lipinski definition) is 1. The lowest BCUT2D eigenvalue weighted by Crippen LogP contribution is -2.34. The van der Waals surface area contributed by atoms with Crippen molar-refractivity contribution in [2.75, 3.05) is 20.4 Å². The number of fused-ring (bicyclic) bond motifs is 3. The average Bonchev–Trinajstić information content (AvgIpc) is 3.65. The highest BCUT2D eigenvalue weighted by Crippen LogP contribution is 2.43. The van der Waals surface area contributed by atoms with E-state index in [1.54, 1.807) is 23.0 Å². The van der Waals surface area contributed by atoms with Gasteiger partial charge in [-0.3, -0.25) is 14.3 Å². The highest BCUT2D eigenvalue weighted by molar-refractivity contribution is 7.85. The predicted molar refractivity (Wildman–Crippen MR) is 154 cm³/mol. The van der Waals surface area contributed by atoms with Crippen LogP contribution in [0.15, 0.2) is 29.2 Å². The molecule has 2 aromatic rings. The summed E-state index contributed by atoms with van der Waals surface area (Å²) >= 11 is 0. The van der Waals surface area contributed by atoms with Gasteiger partial charge in [-0.1, -0.05) is 0 Å². The molecule has 0 radical (unpaired) electrons. The Kier molecular flexibility index (Phi) is 7.77. The van der Waals surface area contributed by atoms with Gasteiger partial charge in [0, 0.05) is 35.1 Å². The van der Waals surface area contributed by atoms with Crippen molar-refractivity contribution in [3.8, 4) is 22.4 Å². The summed E-state index contributed by atoms with van der Waals surface area (Å²) in [5.41, 5.74) is 2.77. The van der Waals surface area contributed by atoms with Gasteiger partial charge in [-0.05, 0) is 90.2 Å². The topological polar surface area (TPSA) is 110 Å². The molecule has 2 fully saturated rings. The lowest BCUT2D eigenvalue weighted by molar-refractivity contribution is 0.188. The van der Waals surface area contributed by atoms with E-state index in [0.29, 0.717) is 51.4 Å². The van der Waals surface area contributed by atoms with Crippen molar-refractivity contribution in [2.45, 2.75) is 70.5 Å². The zero-order valence-corrected chi connectivity index (χ0v) is 24.7. The van der Waals surface area contributed by atoms with Gasteiger partial charge in [0.1, 0.15) is 11.5 Å². The number of hydrogen-bond acceptors (Lipinski definition) is 6. The minimum absolute atomic E-state index is 0.00209. The van der Waals surface area contributed by atoms with Crippen molar-refractivity contribution >= 4 is 21.0 Å². The molecule has 1 aromatic carbocycles. The van der Waals surface area contributed by atoms with E-state index in [-0.39, 0.29) is 23.2 Å². The zero-order valence-electron chi connectivity index (χ0n) is 23.9. The predicted octanol–water partition coefficient (Wildman–Crippen LogP) is 5.14. The molecule has 2 aliphatic heterocycles. The summed E-state index contributed by atoms with van der Waals surface area (Å²) in [4.78, 5) is 20.1. The second-order valence-corrected chi connectivity index (χ2v) is 13.0. The summed E-state index contributed by atoms with van der Waals surface area (Å²) in [6, 6.07) is 5.37. The molecule has 6 rings (SSSR count). The Hall–Kier alpha value is -3.22. The van der Waals surface area contributed by atoms with Crippen LogP contribution in [0.5, 0.6) is 0 Å². The molecule has 0 saturated heterocycles. The molecule has 12 heteroatoms. The number of aromatic nitrogens is 4. The van der Waals surface area contributed by atoms with Crippen LogP contribution in [-0.2, 0) is 10.1 Å². The minimum Gasteiger partial charge on any atom is -0.341 e. The van der Waals surface area contributed by atoms with Crippen molar-refractivity contribution < 1.29 is 21.8 Å². The summed E-state index contributed by atoms with van der Waals surface area (Å²) in [6.07, 6.45) is 7.98. The van der Waals surface area contributed by atoms with Crippen LogP contribution in [0.1, 0.15) is 62.0 Å². The fraction of sp³-hybridized carbons (Fsp3) is 0.483. The number of nitrogens with zero attached hydrogens (tertiary/aromatic N) is 5. The van der Waals surface area contributed by atoms with Crippen LogP contribution in [0, 0.1) is 25.5 Å². The molecule has 1 aromatic heterocycles. The van der Waals surface area contributed by atoms with Crippen LogP contribution in [0.3, 0.4) is 0 Å². The number of benzene rings is 1. The van der Waals surface area contributed by atoms with Crippen LogP contribution < -0.4 is 5.56 Å². The molecule has 3 heterocycles. The van der Waals surface area contributed by atoms with Crippen molar-refractivity contribution in [3.05, 3.63) is 57.8 Å². The molecule has 0 spiro atoms. The Bertz CT molecular complexity index is 1730. The van der Waals surface area contributed by atoms with Crippen molar-refractivity contribution in [2.24, 2.45) is 0 Å². The van der Waals surface area contributed by atoms with Gasteiger partial charge in [0.15, 0.2) is 5.82 Å². The third-order valence-electron chi connectivity index (χ3n) is 7.93.